The predicted octanol–water partition coefficient (Wildman–Crippen LogP) is 2.47. The predicted molar refractivity (Wildman–Crippen MR) is 79.6 cm³/mol. The van der Waals surface area contributed by atoms with Gasteiger partial charge in [0.15, 0.2) is 6.61 Å². The van der Waals surface area contributed by atoms with Crippen LogP contribution in [0.2, 0.25) is 0 Å². The molecule has 0 saturated carbocycles. The molecule has 0 radical (unpaired) electrons. The van der Waals surface area contributed by atoms with E-state index in [1.54, 1.807) is 12.1 Å². The molecule has 2 aromatic carbocycles. The van der Waals surface area contributed by atoms with Crippen LogP contribution in [0.3, 0.4) is 0 Å². The Morgan fingerprint density at radius 2 is 1.75 bits per heavy atom. The Balaban J connectivity index is 1.83. The van der Waals surface area contributed by atoms with E-state index in [0.29, 0.717) is 12.3 Å². The molecule has 0 aliphatic rings. The van der Waals surface area contributed by atoms with Crippen molar-refractivity contribution < 1.29 is 9.53 Å². The van der Waals surface area contributed by atoms with Crippen LogP contribution in [0.4, 0.5) is 5.69 Å². The van der Waals surface area contributed by atoms with Gasteiger partial charge in [-0.1, -0.05) is 29.8 Å². The van der Waals surface area contributed by atoms with E-state index in [-0.39, 0.29) is 12.5 Å². The summed E-state index contributed by atoms with van der Waals surface area (Å²) in [7, 11) is 0. The molecule has 0 aliphatic heterocycles. The van der Waals surface area contributed by atoms with Gasteiger partial charge in [0.2, 0.25) is 0 Å². The molecule has 0 spiro atoms. The highest BCUT2D eigenvalue weighted by molar-refractivity contribution is 5.91. The number of nitrogens with one attached hydrogen (secondary N) is 1. The Hall–Kier alpha value is -2.33. The molecule has 0 aromatic heterocycles. The Morgan fingerprint density at radius 1 is 1.10 bits per heavy atom. The number of amides is 1. The van der Waals surface area contributed by atoms with Crippen LogP contribution in [0, 0.1) is 6.92 Å². The average molecular weight is 270 g/mol. The van der Waals surface area contributed by atoms with E-state index in [9.17, 15) is 4.79 Å². The van der Waals surface area contributed by atoms with Crippen LogP contribution >= 0.6 is 0 Å². The lowest BCUT2D eigenvalue weighted by molar-refractivity contribution is -0.118. The van der Waals surface area contributed by atoms with Gasteiger partial charge in [-0.3, -0.25) is 4.79 Å². The monoisotopic (exact) mass is 270 g/mol. The summed E-state index contributed by atoms with van der Waals surface area (Å²) in [5.74, 6) is 0.470. The number of anilines is 1. The molecule has 0 heterocycles. The van der Waals surface area contributed by atoms with Crippen molar-refractivity contribution in [1.29, 1.82) is 0 Å². The molecule has 2 aromatic rings. The number of carbonyl (C=O) groups is 1. The number of carbonyl (C=O) groups excluding carboxylic acids is 1. The van der Waals surface area contributed by atoms with Crippen molar-refractivity contribution in [2.24, 2.45) is 5.73 Å². The fourth-order valence-corrected chi connectivity index (χ4v) is 1.70. The van der Waals surface area contributed by atoms with E-state index in [1.165, 1.54) is 0 Å². The van der Waals surface area contributed by atoms with E-state index in [2.05, 4.69) is 5.32 Å². The molecular formula is C16H18N2O2. The van der Waals surface area contributed by atoms with Crippen molar-refractivity contribution in [3.63, 3.8) is 0 Å². The fourth-order valence-electron chi connectivity index (χ4n) is 1.70. The maximum atomic E-state index is 11.7. The van der Waals surface area contributed by atoms with Gasteiger partial charge in [-0.25, -0.2) is 0 Å². The van der Waals surface area contributed by atoms with Gasteiger partial charge in [0.05, 0.1) is 0 Å². The van der Waals surface area contributed by atoms with Gasteiger partial charge in [0, 0.05) is 12.2 Å². The third-order valence-corrected chi connectivity index (χ3v) is 2.86. The quantitative estimate of drug-likeness (QED) is 0.877. The molecule has 4 nitrogen and oxygen atoms in total. The van der Waals surface area contributed by atoms with Gasteiger partial charge in [-0.15, -0.1) is 0 Å². The standard InChI is InChI=1S/C16H18N2O2/c1-12-2-6-14(7-3-12)18-16(19)11-20-15-8-4-13(10-17)5-9-15/h2-9H,10-11,17H2,1H3,(H,18,19). The molecule has 4 heteroatoms. The van der Waals surface area contributed by atoms with Crippen LogP contribution in [0.1, 0.15) is 11.1 Å². The van der Waals surface area contributed by atoms with E-state index in [1.807, 2.05) is 43.3 Å². The van der Waals surface area contributed by atoms with Gasteiger partial charge >= 0.3 is 0 Å². The molecule has 3 N–H and O–H groups in total. The maximum absolute atomic E-state index is 11.7. The zero-order chi connectivity index (χ0) is 14.4. The smallest absolute Gasteiger partial charge is 0.262 e. The molecular weight excluding hydrogens is 252 g/mol. The second-order valence-corrected chi connectivity index (χ2v) is 4.55. The Morgan fingerprint density at radius 3 is 2.35 bits per heavy atom. The molecule has 20 heavy (non-hydrogen) atoms. The molecule has 1 amide bonds. The maximum Gasteiger partial charge on any atom is 0.262 e. The number of benzene rings is 2. The van der Waals surface area contributed by atoms with Gasteiger partial charge in [0.25, 0.3) is 5.91 Å². The minimum atomic E-state index is -0.184. The molecule has 0 bridgehead atoms. The molecule has 104 valence electrons. The number of nitrogens with two attached hydrogens (primary N) is 1. The van der Waals surface area contributed by atoms with Crippen LogP contribution in [0.5, 0.6) is 5.75 Å². The first-order valence-corrected chi connectivity index (χ1v) is 6.46. The number of hydrogen-bond donors (Lipinski definition) is 2. The minimum Gasteiger partial charge on any atom is -0.484 e. The van der Waals surface area contributed by atoms with Crippen molar-refractivity contribution in [1.82, 2.24) is 0 Å². The Kier molecular flexibility index (Phi) is 4.74. The second kappa shape index (κ2) is 6.73. The van der Waals surface area contributed by atoms with Crippen LogP contribution in [-0.4, -0.2) is 12.5 Å². The van der Waals surface area contributed by atoms with E-state index in [0.717, 1.165) is 16.8 Å². The highest BCUT2D eigenvalue weighted by Gasteiger charge is 2.03. The lowest BCUT2D eigenvalue weighted by Gasteiger charge is -2.08. The van der Waals surface area contributed by atoms with Crippen molar-refractivity contribution in [3.8, 4) is 5.75 Å². The highest BCUT2D eigenvalue weighted by atomic mass is 16.5. The molecule has 0 saturated heterocycles. The summed E-state index contributed by atoms with van der Waals surface area (Å²) in [4.78, 5) is 11.7. The van der Waals surface area contributed by atoms with Crippen molar-refractivity contribution in [2.75, 3.05) is 11.9 Å². The topological polar surface area (TPSA) is 64.3 Å². The first kappa shape index (κ1) is 14.1. The average Bonchev–Trinajstić information content (AvgIpc) is 2.48. The van der Waals surface area contributed by atoms with Crippen LogP contribution in [0.15, 0.2) is 48.5 Å². The summed E-state index contributed by atoms with van der Waals surface area (Å²) >= 11 is 0. The number of rotatable bonds is 5. The van der Waals surface area contributed by atoms with E-state index < -0.39 is 0 Å². The fraction of sp³-hybridized carbons (Fsp3) is 0.188. The highest BCUT2D eigenvalue weighted by Crippen LogP contribution is 2.12. The summed E-state index contributed by atoms with van der Waals surface area (Å²) in [6.45, 7) is 2.48. The lowest BCUT2D eigenvalue weighted by Crippen LogP contribution is -2.20. The van der Waals surface area contributed by atoms with Gasteiger partial charge < -0.3 is 15.8 Å². The zero-order valence-electron chi connectivity index (χ0n) is 11.4. The number of aryl methyl sites for hydroxylation is 1. The lowest BCUT2D eigenvalue weighted by atomic mass is 10.2. The molecule has 0 unspecified atom stereocenters. The molecule has 0 aliphatic carbocycles. The molecule has 2 rings (SSSR count). The first-order valence-electron chi connectivity index (χ1n) is 6.46. The van der Waals surface area contributed by atoms with Crippen LogP contribution < -0.4 is 15.8 Å². The number of ether oxygens (including phenoxy) is 1. The summed E-state index contributed by atoms with van der Waals surface area (Å²) < 4.78 is 5.41. The summed E-state index contributed by atoms with van der Waals surface area (Å²) in [5, 5.41) is 2.78. The van der Waals surface area contributed by atoms with Gasteiger partial charge in [-0.2, -0.15) is 0 Å². The Bertz CT molecular complexity index is 562. The zero-order valence-corrected chi connectivity index (χ0v) is 11.4. The number of hydrogen-bond acceptors (Lipinski definition) is 3. The SMILES string of the molecule is Cc1ccc(NC(=O)COc2ccc(CN)cc2)cc1. The first-order chi connectivity index (χ1) is 9.67. The van der Waals surface area contributed by atoms with Gasteiger partial charge in [0.1, 0.15) is 5.75 Å². The summed E-state index contributed by atoms with van der Waals surface area (Å²) in [6, 6.07) is 15.0. The van der Waals surface area contributed by atoms with Crippen molar-refractivity contribution in [3.05, 3.63) is 59.7 Å². The van der Waals surface area contributed by atoms with E-state index >= 15 is 0 Å². The van der Waals surface area contributed by atoms with Crippen LogP contribution in [-0.2, 0) is 11.3 Å². The van der Waals surface area contributed by atoms with Crippen molar-refractivity contribution >= 4 is 11.6 Å². The van der Waals surface area contributed by atoms with Crippen molar-refractivity contribution in [2.45, 2.75) is 13.5 Å². The summed E-state index contributed by atoms with van der Waals surface area (Å²) in [5.41, 5.74) is 8.46. The minimum absolute atomic E-state index is 0.0180. The third kappa shape index (κ3) is 4.10. The third-order valence-electron chi connectivity index (χ3n) is 2.86. The largest absolute Gasteiger partial charge is 0.484 e. The second-order valence-electron chi connectivity index (χ2n) is 4.55. The van der Waals surface area contributed by atoms with Crippen LogP contribution in [0.25, 0.3) is 0 Å². The molecule has 0 fully saturated rings. The summed E-state index contributed by atoms with van der Waals surface area (Å²) in [6.07, 6.45) is 0. The Labute approximate surface area is 118 Å². The molecule has 0 atom stereocenters. The van der Waals surface area contributed by atoms with E-state index in [4.69, 9.17) is 10.5 Å². The normalized spacial score (nSPS) is 10.1. The van der Waals surface area contributed by atoms with Gasteiger partial charge in [-0.05, 0) is 36.8 Å².